The van der Waals surface area contributed by atoms with Crippen LogP contribution >= 0.6 is 0 Å². The Morgan fingerprint density at radius 3 is 3.00 bits per heavy atom. The number of hydrogen-bond donors (Lipinski definition) is 0. The molecule has 1 aromatic heterocycles. The third-order valence-corrected chi connectivity index (χ3v) is 2.19. The number of benzene rings is 1. The fourth-order valence-corrected chi connectivity index (χ4v) is 1.44. The normalized spacial score (nSPS) is 9.69. The summed E-state index contributed by atoms with van der Waals surface area (Å²) >= 11 is 0. The van der Waals surface area contributed by atoms with Crippen molar-refractivity contribution in [2.45, 2.75) is 6.54 Å². The molecule has 0 N–H and O–H groups in total. The van der Waals surface area contributed by atoms with Crippen LogP contribution in [0.2, 0.25) is 0 Å². The van der Waals surface area contributed by atoms with Crippen LogP contribution in [0, 0.1) is 11.3 Å². The lowest BCUT2D eigenvalue weighted by atomic mass is 10.1. The largest absolute Gasteiger partial charge is 0.347 e. The maximum Gasteiger partial charge on any atom is 0.347 e. The summed E-state index contributed by atoms with van der Waals surface area (Å²) in [4.78, 5) is 15.0. The number of hydrogen-bond acceptors (Lipinski definition) is 3. The van der Waals surface area contributed by atoms with E-state index < -0.39 is 0 Å². The third kappa shape index (κ3) is 2.15. The van der Waals surface area contributed by atoms with Crippen molar-refractivity contribution in [3.8, 4) is 6.07 Å². The summed E-state index contributed by atoms with van der Waals surface area (Å²) in [6.45, 7) is 0.433. The Kier molecular flexibility index (Phi) is 2.79. The molecule has 0 saturated carbocycles. The van der Waals surface area contributed by atoms with Gasteiger partial charge in [0.25, 0.3) is 0 Å². The van der Waals surface area contributed by atoms with Crippen LogP contribution in [0.3, 0.4) is 0 Å². The molecule has 2 aromatic rings. The molecule has 0 bridgehead atoms. The Hall–Kier alpha value is -2.41. The van der Waals surface area contributed by atoms with Gasteiger partial charge in [-0.05, 0) is 23.8 Å². The quantitative estimate of drug-likeness (QED) is 0.749. The van der Waals surface area contributed by atoms with E-state index in [9.17, 15) is 4.79 Å². The molecule has 0 saturated heterocycles. The van der Waals surface area contributed by atoms with E-state index in [2.05, 4.69) is 11.1 Å². The maximum absolute atomic E-state index is 11.4. The molecule has 4 nitrogen and oxygen atoms in total. The first-order chi connectivity index (χ1) is 7.79. The molecule has 0 aliphatic heterocycles. The van der Waals surface area contributed by atoms with Crippen molar-refractivity contribution in [3.05, 3.63) is 64.3 Å². The molecule has 0 aliphatic carbocycles. The summed E-state index contributed by atoms with van der Waals surface area (Å²) in [6.07, 6.45) is 3.14. The Bertz CT molecular complexity index is 595. The van der Waals surface area contributed by atoms with Crippen molar-refractivity contribution in [2.24, 2.45) is 0 Å². The minimum atomic E-state index is -0.287. The van der Waals surface area contributed by atoms with Gasteiger partial charge in [0.1, 0.15) is 0 Å². The Labute approximate surface area is 92.4 Å². The van der Waals surface area contributed by atoms with Gasteiger partial charge in [0, 0.05) is 12.4 Å². The number of aromatic nitrogens is 2. The van der Waals surface area contributed by atoms with Crippen LogP contribution in [0.15, 0.2) is 47.5 Å². The van der Waals surface area contributed by atoms with Gasteiger partial charge in [-0.3, -0.25) is 4.57 Å². The van der Waals surface area contributed by atoms with Gasteiger partial charge in [-0.2, -0.15) is 5.26 Å². The molecule has 0 radical (unpaired) electrons. The van der Waals surface area contributed by atoms with Crippen molar-refractivity contribution < 1.29 is 0 Å². The summed E-state index contributed by atoms with van der Waals surface area (Å²) in [5.41, 5.74) is 1.22. The number of nitrogens with zero attached hydrogens (tertiary/aromatic N) is 3. The second kappa shape index (κ2) is 4.41. The summed E-state index contributed by atoms with van der Waals surface area (Å²) in [5.74, 6) is 0. The molecule has 2 rings (SSSR count). The van der Waals surface area contributed by atoms with Crippen LogP contribution in [0.4, 0.5) is 0 Å². The molecule has 1 aromatic carbocycles. The van der Waals surface area contributed by atoms with Gasteiger partial charge in [-0.25, -0.2) is 9.78 Å². The minimum absolute atomic E-state index is 0.287. The first-order valence-corrected chi connectivity index (χ1v) is 4.80. The van der Waals surface area contributed by atoms with Gasteiger partial charge in [0.05, 0.1) is 18.2 Å². The highest BCUT2D eigenvalue weighted by molar-refractivity contribution is 5.32. The lowest BCUT2D eigenvalue weighted by molar-refractivity contribution is 0.727. The summed E-state index contributed by atoms with van der Waals surface area (Å²) in [5, 5.41) is 8.75. The van der Waals surface area contributed by atoms with E-state index in [1.54, 1.807) is 30.5 Å². The second-order valence-electron chi connectivity index (χ2n) is 3.34. The molecular weight excluding hydrogens is 202 g/mol. The average molecular weight is 211 g/mol. The van der Waals surface area contributed by atoms with E-state index in [0.717, 1.165) is 5.56 Å². The number of nitriles is 1. The topological polar surface area (TPSA) is 58.7 Å². The fraction of sp³-hybridized carbons (Fsp3) is 0.0833. The predicted molar refractivity (Wildman–Crippen MR) is 58.8 cm³/mol. The van der Waals surface area contributed by atoms with Crippen molar-refractivity contribution in [1.29, 1.82) is 5.26 Å². The smallest absolute Gasteiger partial charge is 0.295 e. The first-order valence-electron chi connectivity index (χ1n) is 4.80. The van der Waals surface area contributed by atoms with Crippen LogP contribution in [0.5, 0.6) is 0 Å². The molecule has 1 heterocycles. The molecular formula is C12H9N3O. The molecule has 78 valence electrons. The molecule has 0 atom stereocenters. The zero-order valence-corrected chi connectivity index (χ0v) is 8.50. The molecule has 0 aliphatic rings. The molecule has 0 fully saturated rings. The van der Waals surface area contributed by atoms with E-state index >= 15 is 0 Å². The monoisotopic (exact) mass is 211 g/mol. The van der Waals surface area contributed by atoms with Crippen LogP contribution in [0.25, 0.3) is 0 Å². The van der Waals surface area contributed by atoms with Crippen molar-refractivity contribution in [2.75, 3.05) is 0 Å². The fourth-order valence-electron chi connectivity index (χ4n) is 1.44. The predicted octanol–water partition coefficient (Wildman–Crippen LogP) is 1.16. The molecule has 16 heavy (non-hydrogen) atoms. The SMILES string of the molecule is N#Cc1cccc(Cn2cccnc2=O)c1. The van der Waals surface area contributed by atoms with Gasteiger partial charge >= 0.3 is 5.69 Å². The van der Waals surface area contributed by atoms with E-state index in [0.29, 0.717) is 12.1 Å². The van der Waals surface area contributed by atoms with Crippen LogP contribution in [-0.2, 0) is 6.54 Å². The lowest BCUT2D eigenvalue weighted by Gasteiger charge is -2.04. The maximum atomic E-state index is 11.4. The highest BCUT2D eigenvalue weighted by Crippen LogP contribution is 2.04. The number of rotatable bonds is 2. The summed E-state index contributed by atoms with van der Waals surface area (Å²) in [7, 11) is 0. The Morgan fingerprint density at radius 1 is 1.38 bits per heavy atom. The van der Waals surface area contributed by atoms with Crippen molar-refractivity contribution in [3.63, 3.8) is 0 Å². The summed E-state index contributed by atoms with van der Waals surface area (Å²) < 4.78 is 1.50. The minimum Gasteiger partial charge on any atom is -0.295 e. The highest BCUT2D eigenvalue weighted by atomic mass is 16.1. The van der Waals surface area contributed by atoms with Crippen molar-refractivity contribution in [1.82, 2.24) is 9.55 Å². The van der Waals surface area contributed by atoms with E-state index in [-0.39, 0.29) is 5.69 Å². The Balaban J connectivity index is 2.32. The second-order valence-corrected chi connectivity index (χ2v) is 3.34. The van der Waals surface area contributed by atoms with Crippen LogP contribution in [0.1, 0.15) is 11.1 Å². The average Bonchev–Trinajstić information content (AvgIpc) is 2.32. The zero-order chi connectivity index (χ0) is 11.4. The zero-order valence-electron chi connectivity index (χ0n) is 8.50. The van der Waals surface area contributed by atoms with Crippen LogP contribution in [-0.4, -0.2) is 9.55 Å². The van der Waals surface area contributed by atoms with E-state index in [1.165, 1.54) is 10.8 Å². The third-order valence-electron chi connectivity index (χ3n) is 2.19. The highest BCUT2D eigenvalue weighted by Gasteiger charge is 1.98. The van der Waals surface area contributed by atoms with Crippen LogP contribution < -0.4 is 5.69 Å². The molecule has 0 amide bonds. The Morgan fingerprint density at radius 2 is 2.25 bits per heavy atom. The van der Waals surface area contributed by atoms with Gasteiger partial charge in [-0.1, -0.05) is 12.1 Å². The first kappa shape index (κ1) is 10.1. The van der Waals surface area contributed by atoms with E-state index in [1.807, 2.05) is 6.07 Å². The van der Waals surface area contributed by atoms with Crippen molar-refractivity contribution >= 4 is 0 Å². The summed E-state index contributed by atoms with van der Waals surface area (Å²) in [6, 6.07) is 10.9. The molecule has 0 unspecified atom stereocenters. The molecule has 0 spiro atoms. The van der Waals surface area contributed by atoms with Gasteiger partial charge in [0.2, 0.25) is 0 Å². The lowest BCUT2D eigenvalue weighted by Crippen LogP contribution is -2.21. The van der Waals surface area contributed by atoms with E-state index in [4.69, 9.17) is 5.26 Å². The van der Waals surface area contributed by atoms with Gasteiger partial charge in [-0.15, -0.1) is 0 Å². The van der Waals surface area contributed by atoms with Gasteiger partial charge < -0.3 is 0 Å². The molecule has 4 heteroatoms. The van der Waals surface area contributed by atoms with Gasteiger partial charge in [0.15, 0.2) is 0 Å². The standard InChI is InChI=1S/C12H9N3O/c13-8-10-3-1-4-11(7-10)9-15-6-2-5-14-12(15)16/h1-7H,9H2.